The Kier molecular flexibility index (Phi) is 4.19. The molecule has 2 aliphatic heterocycles. The van der Waals surface area contributed by atoms with E-state index < -0.39 is 12.1 Å². The number of esters is 1. The zero-order valence-electron chi connectivity index (χ0n) is 10.6. The summed E-state index contributed by atoms with van der Waals surface area (Å²) in [5, 5.41) is 12.6. The van der Waals surface area contributed by atoms with Crippen LogP contribution in [0.2, 0.25) is 0 Å². The van der Waals surface area contributed by atoms with Crippen molar-refractivity contribution in [3.05, 3.63) is 0 Å². The summed E-state index contributed by atoms with van der Waals surface area (Å²) >= 11 is 0. The van der Waals surface area contributed by atoms with Gasteiger partial charge in [-0.3, -0.25) is 14.5 Å². The Bertz CT molecular complexity index is 334. The number of nitrogens with zero attached hydrogens (tertiary/aromatic N) is 1. The molecule has 1 amide bonds. The molecule has 2 saturated heterocycles. The van der Waals surface area contributed by atoms with E-state index in [1.54, 1.807) is 4.90 Å². The third-order valence-electron chi connectivity index (χ3n) is 3.70. The van der Waals surface area contributed by atoms with E-state index in [1.807, 2.05) is 0 Å². The van der Waals surface area contributed by atoms with Gasteiger partial charge in [0.25, 0.3) is 0 Å². The molecule has 0 aromatic heterocycles. The van der Waals surface area contributed by atoms with Crippen molar-refractivity contribution >= 4 is 11.9 Å². The number of ether oxygens (including phenoxy) is 1. The zero-order valence-corrected chi connectivity index (χ0v) is 10.6. The van der Waals surface area contributed by atoms with E-state index in [0.717, 1.165) is 19.3 Å². The highest BCUT2D eigenvalue weighted by Gasteiger charge is 2.42. The van der Waals surface area contributed by atoms with E-state index in [9.17, 15) is 14.7 Å². The third kappa shape index (κ3) is 2.64. The van der Waals surface area contributed by atoms with Crippen LogP contribution < -0.4 is 5.32 Å². The first kappa shape index (κ1) is 13.3. The Hall–Kier alpha value is -1.14. The molecule has 0 radical (unpaired) electrons. The first-order chi connectivity index (χ1) is 8.63. The fourth-order valence-electron chi connectivity index (χ4n) is 2.79. The number of aliphatic hydroxyl groups is 1. The van der Waals surface area contributed by atoms with Crippen LogP contribution in [0.5, 0.6) is 0 Å². The molecule has 0 bridgehead atoms. The van der Waals surface area contributed by atoms with Gasteiger partial charge in [0.05, 0.1) is 19.3 Å². The number of rotatable bonds is 2. The average molecular weight is 256 g/mol. The average Bonchev–Trinajstić information content (AvgIpc) is 2.61. The molecule has 102 valence electrons. The Morgan fingerprint density at radius 1 is 1.50 bits per heavy atom. The minimum atomic E-state index is -0.565. The zero-order chi connectivity index (χ0) is 13.1. The summed E-state index contributed by atoms with van der Waals surface area (Å²) in [6, 6.07) is -0.826. The summed E-state index contributed by atoms with van der Waals surface area (Å²) in [5.41, 5.74) is 0. The Morgan fingerprint density at radius 3 is 3.00 bits per heavy atom. The minimum Gasteiger partial charge on any atom is -0.468 e. The van der Waals surface area contributed by atoms with Gasteiger partial charge in [-0.2, -0.15) is 0 Å². The van der Waals surface area contributed by atoms with E-state index in [1.165, 1.54) is 7.11 Å². The van der Waals surface area contributed by atoms with Crippen LogP contribution in [0.4, 0.5) is 0 Å². The smallest absolute Gasteiger partial charge is 0.323 e. The van der Waals surface area contributed by atoms with Crippen LogP contribution in [0.15, 0.2) is 0 Å². The number of aliphatic hydroxyl groups excluding tert-OH is 1. The molecule has 0 spiro atoms. The second-order valence-electron chi connectivity index (χ2n) is 4.93. The maximum Gasteiger partial charge on any atom is 0.323 e. The molecule has 2 N–H and O–H groups in total. The molecule has 6 heteroatoms. The highest BCUT2D eigenvalue weighted by atomic mass is 16.5. The lowest BCUT2D eigenvalue weighted by Gasteiger charge is -2.29. The molecular formula is C12H20N2O4. The van der Waals surface area contributed by atoms with Crippen LogP contribution in [-0.2, 0) is 14.3 Å². The van der Waals surface area contributed by atoms with Gasteiger partial charge in [-0.25, -0.2) is 0 Å². The van der Waals surface area contributed by atoms with Gasteiger partial charge in [0.2, 0.25) is 5.91 Å². The quantitative estimate of drug-likeness (QED) is 0.636. The molecule has 18 heavy (non-hydrogen) atoms. The van der Waals surface area contributed by atoms with E-state index >= 15 is 0 Å². The van der Waals surface area contributed by atoms with E-state index in [0.29, 0.717) is 19.5 Å². The number of carbonyl (C=O) groups is 2. The summed E-state index contributed by atoms with van der Waals surface area (Å²) in [7, 11) is 1.33. The molecule has 0 saturated carbocycles. The van der Waals surface area contributed by atoms with Crippen molar-refractivity contribution in [3.8, 4) is 0 Å². The molecule has 0 aromatic rings. The molecule has 3 atom stereocenters. The molecular weight excluding hydrogens is 236 g/mol. The van der Waals surface area contributed by atoms with E-state index in [-0.39, 0.29) is 17.9 Å². The topological polar surface area (TPSA) is 78.9 Å². The molecule has 0 aliphatic carbocycles. The van der Waals surface area contributed by atoms with Gasteiger partial charge in [-0.15, -0.1) is 0 Å². The van der Waals surface area contributed by atoms with Gasteiger partial charge in [0.1, 0.15) is 6.04 Å². The standard InChI is InChI=1S/C12H20N2O4/c1-18-12(17)10-6-8(15)7-14(10)9-4-2-3-5-13-11(9)16/h8-10,15H,2-7H2,1H3,(H,13,16). The first-order valence-electron chi connectivity index (χ1n) is 6.43. The number of hydrogen-bond donors (Lipinski definition) is 2. The van der Waals surface area contributed by atoms with Crippen molar-refractivity contribution < 1.29 is 19.4 Å². The Morgan fingerprint density at radius 2 is 2.28 bits per heavy atom. The highest BCUT2D eigenvalue weighted by molar-refractivity contribution is 5.84. The number of likely N-dealkylation sites (tertiary alicyclic amines) is 1. The molecule has 0 aromatic carbocycles. The fourth-order valence-corrected chi connectivity index (χ4v) is 2.79. The molecule has 2 heterocycles. The summed E-state index contributed by atoms with van der Waals surface area (Å²) in [6.07, 6.45) is 2.42. The maximum atomic E-state index is 12.0. The van der Waals surface area contributed by atoms with Gasteiger partial charge < -0.3 is 15.2 Å². The van der Waals surface area contributed by atoms with Crippen LogP contribution in [0.3, 0.4) is 0 Å². The monoisotopic (exact) mass is 256 g/mol. The van der Waals surface area contributed by atoms with Crippen molar-refractivity contribution in [3.63, 3.8) is 0 Å². The summed E-state index contributed by atoms with van der Waals surface area (Å²) in [5.74, 6) is -0.418. The highest BCUT2D eigenvalue weighted by Crippen LogP contribution is 2.25. The number of methoxy groups -OCH3 is 1. The summed E-state index contributed by atoms with van der Waals surface area (Å²) in [6.45, 7) is 1.05. The van der Waals surface area contributed by atoms with Crippen molar-refractivity contribution in [1.29, 1.82) is 0 Å². The van der Waals surface area contributed by atoms with Crippen LogP contribution in [0, 0.1) is 0 Å². The second kappa shape index (κ2) is 5.67. The SMILES string of the molecule is COC(=O)C1CC(O)CN1C1CCCCNC1=O. The predicted octanol–water partition coefficient (Wildman–Crippen LogP) is -0.737. The molecule has 2 aliphatic rings. The summed E-state index contributed by atoms with van der Waals surface area (Å²) < 4.78 is 4.75. The molecule has 2 fully saturated rings. The number of amides is 1. The third-order valence-corrected chi connectivity index (χ3v) is 3.70. The van der Waals surface area contributed by atoms with Gasteiger partial charge >= 0.3 is 5.97 Å². The van der Waals surface area contributed by atoms with Crippen molar-refractivity contribution in [1.82, 2.24) is 10.2 Å². The van der Waals surface area contributed by atoms with E-state index in [2.05, 4.69) is 5.32 Å². The van der Waals surface area contributed by atoms with Crippen LogP contribution >= 0.6 is 0 Å². The lowest BCUT2D eigenvalue weighted by atomic mass is 10.1. The van der Waals surface area contributed by atoms with Gasteiger partial charge in [-0.05, 0) is 19.3 Å². The first-order valence-corrected chi connectivity index (χ1v) is 6.43. The lowest BCUT2D eigenvalue weighted by molar-refractivity contribution is -0.147. The van der Waals surface area contributed by atoms with Crippen LogP contribution in [-0.4, -0.2) is 60.3 Å². The number of β-amino-alcohol motifs (C(OH)–C–C–N with tert-alkyl or cyclic N) is 1. The van der Waals surface area contributed by atoms with E-state index in [4.69, 9.17) is 4.74 Å². The lowest BCUT2D eigenvalue weighted by Crippen LogP contribution is -2.50. The molecule has 2 rings (SSSR count). The predicted molar refractivity (Wildman–Crippen MR) is 63.8 cm³/mol. The van der Waals surface area contributed by atoms with Crippen molar-refractivity contribution in [2.75, 3.05) is 20.2 Å². The van der Waals surface area contributed by atoms with Crippen molar-refractivity contribution in [2.24, 2.45) is 0 Å². The number of nitrogens with one attached hydrogen (secondary N) is 1. The fraction of sp³-hybridized carbons (Fsp3) is 0.833. The van der Waals surface area contributed by atoms with Gasteiger partial charge in [0.15, 0.2) is 0 Å². The molecule has 6 nitrogen and oxygen atoms in total. The Balaban J connectivity index is 2.13. The minimum absolute atomic E-state index is 0.0458. The van der Waals surface area contributed by atoms with Gasteiger partial charge in [0, 0.05) is 19.5 Å². The largest absolute Gasteiger partial charge is 0.468 e. The van der Waals surface area contributed by atoms with Crippen molar-refractivity contribution in [2.45, 2.75) is 43.9 Å². The Labute approximate surface area is 106 Å². The number of hydrogen-bond acceptors (Lipinski definition) is 5. The van der Waals surface area contributed by atoms with Gasteiger partial charge in [-0.1, -0.05) is 0 Å². The normalized spacial score (nSPS) is 33.9. The molecule has 3 unspecified atom stereocenters. The maximum absolute atomic E-state index is 12.0. The second-order valence-corrected chi connectivity index (χ2v) is 4.93. The summed E-state index contributed by atoms with van der Waals surface area (Å²) in [4.78, 5) is 25.5. The van der Waals surface area contributed by atoms with Crippen LogP contribution in [0.1, 0.15) is 25.7 Å². The number of carbonyl (C=O) groups excluding carboxylic acids is 2. The van der Waals surface area contributed by atoms with Crippen LogP contribution in [0.25, 0.3) is 0 Å².